The fourth-order valence-corrected chi connectivity index (χ4v) is 3.06. The molecule has 2 N–H and O–H groups in total. The predicted molar refractivity (Wildman–Crippen MR) is 72.2 cm³/mol. The third kappa shape index (κ3) is 2.75. The second kappa shape index (κ2) is 5.85. The molecule has 1 aliphatic rings. The Hall–Kier alpha value is -0.870. The number of hydrogen-bond acceptors (Lipinski definition) is 3. The zero-order chi connectivity index (χ0) is 13.0. The molecule has 0 bridgehead atoms. The highest BCUT2D eigenvalue weighted by atomic mass is 16.5. The average molecular weight is 251 g/mol. The third-order valence-corrected chi connectivity index (χ3v) is 4.03. The Morgan fingerprint density at radius 3 is 2.56 bits per heavy atom. The fraction of sp³-hybridized carbons (Fsp3) is 0.786. The molecule has 4 nitrogen and oxygen atoms in total. The van der Waals surface area contributed by atoms with Crippen LogP contribution in [0.1, 0.15) is 57.1 Å². The molecule has 0 amide bonds. The lowest BCUT2D eigenvalue weighted by atomic mass is 9.83. The van der Waals surface area contributed by atoms with Gasteiger partial charge >= 0.3 is 0 Å². The Labute approximate surface area is 110 Å². The van der Waals surface area contributed by atoms with E-state index in [1.54, 1.807) is 0 Å². The van der Waals surface area contributed by atoms with Gasteiger partial charge in [0.25, 0.3) is 0 Å². The molecule has 18 heavy (non-hydrogen) atoms. The summed E-state index contributed by atoms with van der Waals surface area (Å²) in [6.45, 7) is 2.79. The van der Waals surface area contributed by atoms with Crippen molar-refractivity contribution in [3.63, 3.8) is 0 Å². The van der Waals surface area contributed by atoms with Crippen molar-refractivity contribution in [3.8, 4) is 0 Å². The minimum atomic E-state index is -0.186. The summed E-state index contributed by atoms with van der Waals surface area (Å²) in [6.07, 6.45) is 11.0. The molecule has 102 valence electrons. The number of rotatable bonds is 4. The molecule has 4 heteroatoms. The summed E-state index contributed by atoms with van der Waals surface area (Å²) >= 11 is 0. The first-order valence-electron chi connectivity index (χ1n) is 7.06. The highest BCUT2D eigenvalue weighted by Crippen LogP contribution is 2.39. The van der Waals surface area contributed by atoms with Crippen LogP contribution >= 0.6 is 0 Å². The quantitative estimate of drug-likeness (QED) is 0.837. The maximum atomic E-state index is 6.50. The maximum Gasteiger partial charge on any atom is 0.0875 e. The van der Waals surface area contributed by atoms with Gasteiger partial charge in [-0.1, -0.05) is 25.7 Å². The van der Waals surface area contributed by atoms with Crippen molar-refractivity contribution < 1.29 is 4.74 Å². The van der Waals surface area contributed by atoms with Crippen LogP contribution in [0.15, 0.2) is 12.4 Å². The lowest BCUT2D eigenvalue weighted by Crippen LogP contribution is -2.43. The van der Waals surface area contributed by atoms with Crippen molar-refractivity contribution in [2.24, 2.45) is 12.8 Å². The number of nitrogens with zero attached hydrogens (tertiary/aromatic N) is 2. The first-order chi connectivity index (χ1) is 8.68. The van der Waals surface area contributed by atoms with Crippen LogP contribution in [-0.4, -0.2) is 22.0 Å². The molecule has 0 radical (unpaired) electrons. The van der Waals surface area contributed by atoms with Crippen molar-refractivity contribution in [2.75, 3.05) is 6.61 Å². The molecule has 1 aromatic heterocycles. The van der Waals surface area contributed by atoms with Gasteiger partial charge in [0, 0.05) is 25.4 Å². The molecule has 1 aromatic rings. The SMILES string of the molecule is CCOC1(C(N)c2cnn(C)c2)CCCCCC1. The van der Waals surface area contributed by atoms with E-state index in [1.165, 1.54) is 25.7 Å². The van der Waals surface area contributed by atoms with Crippen LogP contribution in [-0.2, 0) is 11.8 Å². The van der Waals surface area contributed by atoms with E-state index in [2.05, 4.69) is 12.0 Å². The van der Waals surface area contributed by atoms with E-state index in [0.29, 0.717) is 0 Å². The highest BCUT2D eigenvalue weighted by Gasteiger charge is 2.39. The number of nitrogens with two attached hydrogens (primary N) is 1. The Kier molecular flexibility index (Phi) is 4.40. The molecule has 0 aromatic carbocycles. The summed E-state index contributed by atoms with van der Waals surface area (Å²) in [5.41, 5.74) is 7.40. The van der Waals surface area contributed by atoms with Crippen LogP contribution in [0.25, 0.3) is 0 Å². The molecule has 2 rings (SSSR count). The van der Waals surface area contributed by atoms with Crippen molar-refractivity contribution in [3.05, 3.63) is 18.0 Å². The van der Waals surface area contributed by atoms with Crippen LogP contribution in [0.5, 0.6) is 0 Å². The van der Waals surface area contributed by atoms with Gasteiger partial charge in [0.2, 0.25) is 0 Å². The van der Waals surface area contributed by atoms with Crippen LogP contribution in [0.3, 0.4) is 0 Å². The van der Waals surface area contributed by atoms with Gasteiger partial charge in [-0.25, -0.2) is 0 Å². The second-order valence-corrected chi connectivity index (χ2v) is 5.34. The van der Waals surface area contributed by atoms with Gasteiger partial charge in [0.05, 0.1) is 17.8 Å². The third-order valence-electron chi connectivity index (χ3n) is 4.03. The smallest absolute Gasteiger partial charge is 0.0875 e. The standard InChI is InChI=1S/C14H25N3O/c1-3-18-14(8-6-4-5-7-9-14)13(15)12-10-16-17(2)11-12/h10-11,13H,3-9,15H2,1-2H3. The van der Waals surface area contributed by atoms with Crippen molar-refractivity contribution in [2.45, 2.75) is 57.1 Å². The highest BCUT2D eigenvalue weighted by molar-refractivity contribution is 5.15. The topological polar surface area (TPSA) is 53.1 Å². The first kappa shape index (κ1) is 13.6. The molecule has 1 atom stereocenters. The Bertz CT molecular complexity index is 367. The molecule has 1 heterocycles. The molecule has 0 spiro atoms. The monoisotopic (exact) mass is 251 g/mol. The van der Waals surface area contributed by atoms with E-state index in [1.807, 2.05) is 24.1 Å². The van der Waals surface area contributed by atoms with Crippen LogP contribution in [0.4, 0.5) is 0 Å². The lowest BCUT2D eigenvalue weighted by molar-refractivity contribution is -0.0696. The van der Waals surface area contributed by atoms with Gasteiger partial charge in [0.1, 0.15) is 0 Å². The van der Waals surface area contributed by atoms with Gasteiger partial charge in [-0.05, 0) is 19.8 Å². The summed E-state index contributed by atoms with van der Waals surface area (Å²) in [7, 11) is 1.93. The van der Waals surface area contributed by atoms with Gasteiger partial charge in [-0.3, -0.25) is 4.68 Å². The summed E-state index contributed by atoms with van der Waals surface area (Å²) < 4.78 is 7.92. The normalized spacial score (nSPS) is 21.5. The van der Waals surface area contributed by atoms with Gasteiger partial charge in [0.15, 0.2) is 0 Å². The number of hydrogen-bond donors (Lipinski definition) is 1. The molecular weight excluding hydrogens is 226 g/mol. The fourth-order valence-electron chi connectivity index (χ4n) is 3.06. The van der Waals surface area contributed by atoms with E-state index in [-0.39, 0.29) is 11.6 Å². The van der Waals surface area contributed by atoms with E-state index in [9.17, 15) is 0 Å². The molecular formula is C14H25N3O. The van der Waals surface area contributed by atoms with Crippen LogP contribution in [0.2, 0.25) is 0 Å². The Morgan fingerprint density at radius 2 is 2.06 bits per heavy atom. The summed E-state index contributed by atoms with van der Waals surface area (Å²) in [5.74, 6) is 0. The zero-order valence-electron chi connectivity index (χ0n) is 11.6. The van der Waals surface area contributed by atoms with E-state index in [4.69, 9.17) is 10.5 Å². The van der Waals surface area contributed by atoms with E-state index >= 15 is 0 Å². The molecule has 1 aliphatic carbocycles. The Balaban J connectivity index is 2.22. The van der Waals surface area contributed by atoms with Crippen LogP contribution in [0, 0.1) is 0 Å². The maximum absolute atomic E-state index is 6.50. The molecule has 1 saturated carbocycles. The molecule has 0 saturated heterocycles. The minimum absolute atomic E-state index is 0.0655. The van der Waals surface area contributed by atoms with Crippen molar-refractivity contribution in [1.29, 1.82) is 0 Å². The van der Waals surface area contributed by atoms with E-state index in [0.717, 1.165) is 25.0 Å². The number of aryl methyl sites for hydroxylation is 1. The molecule has 1 fully saturated rings. The van der Waals surface area contributed by atoms with Gasteiger partial charge in [-0.2, -0.15) is 5.10 Å². The molecule has 0 aliphatic heterocycles. The second-order valence-electron chi connectivity index (χ2n) is 5.34. The summed E-state index contributed by atoms with van der Waals surface area (Å²) in [4.78, 5) is 0. The zero-order valence-corrected chi connectivity index (χ0v) is 11.6. The number of aromatic nitrogens is 2. The summed E-state index contributed by atoms with van der Waals surface area (Å²) in [5, 5.41) is 4.23. The average Bonchev–Trinajstić information content (AvgIpc) is 2.64. The summed E-state index contributed by atoms with van der Waals surface area (Å²) in [6, 6.07) is -0.0655. The van der Waals surface area contributed by atoms with Gasteiger partial charge in [-0.15, -0.1) is 0 Å². The predicted octanol–water partition coefficient (Wildman–Crippen LogP) is 2.55. The first-order valence-corrected chi connectivity index (χ1v) is 7.06. The lowest BCUT2D eigenvalue weighted by Gasteiger charge is -2.37. The van der Waals surface area contributed by atoms with Crippen LogP contribution < -0.4 is 5.73 Å². The van der Waals surface area contributed by atoms with Gasteiger partial charge < -0.3 is 10.5 Å². The minimum Gasteiger partial charge on any atom is -0.373 e. The Morgan fingerprint density at radius 1 is 1.39 bits per heavy atom. The van der Waals surface area contributed by atoms with Crippen molar-refractivity contribution >= 4 is 0 Å². The number of ether oxygens (including phenoxy) is 1. The van der Waals surface area contributed by atoms with Crippen molar-refractivity contribution in [1.82, 2.24) is 9.78 Å². The van der Waals surface area contributed by atoms with E-state index < -0.39 is 0 Å². The largest absolute Gasteiger partial charge is 0.373 e. The molecule has 1 unspecified atom stereocenters.